The molecule has 1 heterocycles. The number of nitro benzene ring substituents is 1. The number of rotatable bonds is 3. The average Bonchev–Trinajstić information content (AvgIpc) is 2.87. The number of furan rings is 1. The molecule has 0 atom stereocenters. The van der Waals surface area contributed by atoms with Crippen molar-refractivity contribution in [1.82, 2.24) is 5.32 Å². The molecule has 1 N–H and O–H groups in total. The van der Waals surface area contributed by atoms with Gasteiger partial charge < -0.3 is 4.42 Å². The summed E-state index contributed by atoms with van der Waals surface area (Å²) < 4.78 is 5.32. The molecule has 0 spiro atoms. The van der Waals surface area contributed by atoms with Crippen molar-refractivity contribution in [3.8, 4) is 11.3 Å². The van der Waals surface area contributed by atoms with Crippen LogP contribution in [0, 0.1) is 17.0 Å². The Morgan fingerprint density at radius 3 is 2.57 bits per heavy atom. The number of hydrogen-bond acceptors (Lipinski definition) is 5. The minimum Gasteiger partial charge on any atom is -0.451 e. The van der Waals surface area contributed by atoms with E-state index in [1.165, 1.54) is 25.1 Å². The minimum absolute atomic E-state index is 0.0290. The van der Waals surface area contributed by atoms with Crippen LogP contribution in [0.1, 0.15) is 23.0 Å². The minimum atomic E-state index is -0.657. The summed E-state index contributed by atoms with van der Waals surface area (Å²) in [5.41, 5.74) is 0.984. The van der Waals surface area contributed by atoms with Crippen LogP contribution in [0.4, 0.5) is 5.69 Å². The number of amides is 2. The Labute approximate surface area is 119 Å². The highest BCUT2D eigenvalue weighted by molar-refractivity contribution is 6.02. The highest BCUT2D eigenvalue weighted by Crippen LogP contribution is 2.28. The van der Waals surface area contributed by atoms with Gasteiger partial charge in [0.2, 0.25) is 5.91 Å². The van der Waals surface area contributed by atoms with Gasteiger partial charge in [0.15, 0.2) is 5.76 Å². The third kappa shape index (κ3) is 3.14. The molecular weight excluding hydrogens is 276 g/mol. The molecule has 0 radical (unpaired) electrons. The average molecular weight is 288 g/mol. The lowest BCUT2D eigenvalue weighted by Crippen LogP contribution is -2.27. The molecule has 108 valence electrons. The van der Waals surface area contributed by atoms with Crippen LogP contribution in [0.2, 0.25) is 0 Å². The molecular formula is C14H12N2O5. The first kappa shape index (κ1) is 14.4. The number of hydrogen-bond donors (Lipinski definition) is 1. The summed E-state index contributed by atoms with van der Waals surface area (Å²) in [4.78, 5) is 32.8. The number of imide groups is 1. The van der Waals surface area contributed by atoms with E-state index in [1.807, 2.05) is 0 Å². The van der Waals surface area contributed by atoms with Gasteiger partial charge in [-0.2, -0.15) is 0 Å². The predicted molar refractivity (Wildman–Crippen MR) is 73.7 cm³/mol. The van der Waals surface area contributed by atoms with Gasteiger partial charge in [-0.25, -0.2) is 0 Å². The number of aryl methyl sites for hydroxylation is 1. The maximum Gasteiger partial charge on any atom is 0.293 e. The normalized spacial score (nSPS) is 10.2. The van der Waals surface area contributed by atoms with E-state index in [9.17, 15) is 19.7 Å². The summed E-state index contributed by atoms with van der Waals surface area (Å²) in [7, 11) is 0. The van der Waals surface area contributed by atoms with Crippen LogP contribution in [0.15, 0.2) is 34.7 Å². The molecule has 0 fully saturated rings. The molecule has 1 aromatic heterocycles. The van der Waals surface area contributed by atoms with Crippen LogP contribution in [-0.4, -0.2) is 16.7 Å². The Kier molecular flexibility index (Phi) is 3.84. The molecule has 2 rings (SSSR count). The van der Waals surface area contributed by atoms with E-state index < -0.39 is 16.7 Å². The van der Waals surface area contributed by atoms with Crippen LogP contribution in [0.25, 0.3) is 11.3 Å². The van der Waals surface area contributed by atoms with Gasteiger partial charge in [-0.3, -0.25) is 25.0 Å². The number of carbonyl (C=O) groups is 2. The summed E-state index contributed by atoms with van der Waals surface area (Å²) in [6.07, 6.45) is 0. The van der Waals surface area contributed by atoms with E-state index in [0.717, 1.165) is 0 Å². The Balaban J connectivity index is 2.34. The van der Waals surface area contributed by atoms with Crippen LogP contribution < -0.4 is 5.32 Å². The van der Waals surface area contributed by atoms with E-state index in [-0.39, 0.29) is 11.4 Å². The summed E-state index contributed by atoms with van der Waals surface area (Å²) in [6.45, 7) is 2.85. The molecule has 7 nitrogen and oxygen atoms in total. The van der Waals surface area contributed by atoms with Crippen molar-refractivity contribution < 1.29 is 18.9 Å². The monoisotopic (exact) mass is 288 g/mol. The lowest BCUT2D eigenvalue weighted by atomic mass is 10.1. The van der Waals surface area contributed by atoms with E-state index in [0.29, 0.717) is 16.9 Å². The second kappa shape index (κ2) is 5.58. The van der Waals surface area contributed by atoms with Gasteiger partial charge in [0, 0.05) is 24.1 Å². The molecule has 0 aliphatic rings. The summed E-state index contributed by atoms with van der Waals surface area (Å²) in [5.74, 6) is -0.880. The Hall–Kier alpha value is -2.96. The molecule has 21 heavy (non-hydrogen) atoms. The summed E-state index contributed by atoms with van der Waals surface area (Å²) in [6, 6.07) is 7.56. The maximum atomic E-state index is 11.6. The SMILES string of the molecule is CC(=O)NC(=O)c1ccc(-c2ccc(C)c([N+](=O)[O-])c2)o1. The smallest absolute Gasteiger partial charge is 0.293 e. The fraction of sp³-hybridized carbons (Fsp3) is 0.143. The number of nitrogens with zero attached hydrogens (tertiary/aromatic N) is 1. The number of nitrogens with one attached hydrogen (secondary N) is 1. The lowest BCUT2D eigenvalue weighted by molar-refractivity contribution is -0.385. The Morgan fingerprint density at radius 1 is 1.24 bits per heavy atom. The fourth-order valence-electron chi connectivity index (χ4n) is 1.80. The highest BCUT2D eigenvalue weighted by atomic mass is 16.6. The topological polar surface area (TPSA) is 102 Å². The fourth-order valence-corrected chi connectivity index (χ4v) is 1.80. The van der Waals surface area contributed by atoms with Gasteiger partial charge in [-0.05, 0) is 19.1 Å². The van der Waals surface area contributed by atoms with E-state index in [2.05, 4.69) is 5.32 Å². The van der Waals surface area contributed by atoms with Crippen molar-refractivity contribution in [2.45, 2.75) is 13.8 Å². The zero-order chi connectivity index (χ0) is 15.6. The van der Waals surface area contributed by atoms with Crippen molar-refractivity contribution >= 4 is 17.5 Å². The number of benzene rings is 1. The summed E-state index contributed by atoms with van der Waals surface area (Å²) in [5, 5.41) is 13.0. The molecule has 0 aliphatic carbocycles. The molecule has 0 bridgehead atoms. The van der Waals surface area contributed by atoms with Gasteiger partial charge in [0.1, 0.15) is 5.76 Å². The first-order chi connectivity index (χ1) is 9.88. The van der Waals surface area contributed by atoms with Gasteiger partial charge in [-0.1, -0.05) is 12.1 Å². The van der Waals surface area contributed by atoms with Gasteiger partial charge in [-0.15, -0.1) is 0 Å². The number of carbonyl (C=O) groups excluding carboxylic acids is 2. The molecule has 0 unspecified atom stereocenters. The van der Waals surface area contributed by atoms with Crippen molar-refractivity contribution in [2.24, 2.45) is 0 Å². The highest BCUT2D eigenvalue weighted by Gasteiger charge is 2.16. The first-order valence-electron chi connectivity index (χ1n) is 6.05. The third-order valence-corrected chi connectivity index (χ3v) is 2.81. The van der Waals surface area contributed by atoms with Crippen molar-refractivity contribution in [1.29, 1.82) is 0 Å². The largest absolute Gasteiger partial charge is 0.451 e. The van der Waals surface area contributed by atoms with Gasteiger partial charge in [0.25, 0.3) is 11.6 Å². The molecule has 0 saturated carbocycles. The Bertz CT molecular complexity index is 733. The number of nitro groups is 1. The molecule has 0 aliphatic heterocycles. The van der Waals surface area contributed by atoms with E-state index in [4.69, 9.17) is 4.42 Å². The summed E-state index contributed by atoms with van der Waals surface area (Å²) >= 11 is 0. The van der Waals surface area contributed by atoms with E-state index >= 15 is 0 Å². The lowest BCUT2D eigenvalue weighted by Gasteiger charge is -2.01. The second-order valence-corrected chi connectivity index (χ2v) is 4.43. The van der Waals surface area contributed by atoms with Crippen LogP contribution >= 0.6 is 0 Å². The van der Waals surface area contributed by atoms with E-state index in [1.54, 1.807) is 19.1 Å². The first-order valence-corrected chi connectivity index (χ1v) is 6.05. The van der Waals surface area contributed by atoms with Crippen LogP contribution in [0.3, 0.4) is 0 Å². The molecule has 7 heteroatoms. The van der Waals surface area contributed by atoms with Crippen molar-refractivity contribution in [2.75, 3.05) is 0 Å². The maximum absolute atomic E-state index is 11.6. The molecule has 0 saturated heterocycles. The standard InChI is InChI=1S/C14H12N2O5/c1-8-3-4-10(7-11(8)16(19)20)12-5-6-13(21-12)14(18)15-9(2)17/h3-7H,1-2H3,(H,15,17,18). The zero-order valence-corrected chi connectivity index (χ0v) is 11.4. The quantitative estimate of drug-likeness (QED) is 0.690. The second-order valence-electron chi connectivity index (χ2n) is 4.43. The molecule has 2 aromatic rings. The zero-order valence-electron chi connectivity index (χ0n) is 11.4. The van der Waals surface area contributed by atoms with Crippen LogP contribution in [-0.2, 0) is 4.79 Å². The molecule has 2 amide bonds. The third-order valence-electron chi connectivity index (χ3n) is 2.81. The van der Waals surface area contributed by atoms with Crippen molar-refractivity contribution in [3.05, 3.63) is 51.8 Å². The van der Waals surface area contributed by atoms with Gasteiger partial charge in [0.05, 0.1) is 4.92 Å². The Morgan fingerprint density at radius 2 is 1.95 bits per heavy atom. The van der Waals surface area contributed by atoms with Crippen molar-refractivity contribution in [3.63, 3.8) is 0 Å². The van der Waals surface area contributed by atoms with Gasteiger partial charge >= 0.3 is 0 Å². The molecule has 1 aromatic carbocycles. The van der Waals surface area contributed by atoms with Crippen LogP contribution in [0.5, 0.6) is 0 Å². The predicted octanol–water partition coefficient (Wildman–Crippen LogP) is 2.44.